The number of hydrogen-bond acceptors (Lipinski definition) is 4. The van der Waals surface area contributed by atoms with Crippen LogP contribution in [0.3, 0.4) is 0 Å². The topological polar surface area (TPSA) is 53.1 Å². The van der Waals surface area contributed by atoms with E-state index in [1.165, 1.54) is 11.1 Å². The summed E-state index contributed by atoms with van der Waals surface area (Å²) in [6, 6.07) is 18.0. The van der Waals surface area contributed by atoms with Gasteiger partial charge in [-0.3, -0.25) is 0 Å². The second-order valence-corrected chi connectivity index (χ2v) is 6.60. The molecule has 2 aromatic heterocycles. The van der Waals surface area contributed by atoms with Gasteiger partial charge in [0, 0.05) is 23.6 Å². The van der Waals surface area contributed by atoms with E-state index in [0.29, 0.717) is 11.7 Å². The maximum absolute atomic E-state index is 5.95. The first-order chi connectivity index (χ1) is 13.1. The summed E-state index contributed by atoms with van der Waals surface area (Å²) in [7, 11) is 0. The van der Waals surface area contributed by atoms with Crippen molar-refractivity contribution < 1.29 is 9.26 Å². The van der Waals surface area contributed by atoms with E-state index >= 15 is 0 Å². The van der Waals surface area contributed by atoms with Crippen molar-refractivity contribution in [2.75, 3.05) is 0 Å². The number of aryl methyl sites for hydroxylation is 2. The van der Waals surface area contributed by atoms with E-state index in [9.17, 15) is 0 Å². The Bertz CT molecular complexity index is 1030. The predicted molar refractivity (Wildman–Crippen MR) is 104 cm³/mol. The number of hydrogen-bond donors (Lipinski definition) is 0. The van der Waals surface area contributed by atoms with Crippen LogP contribution < -0.4 is 4.74 Å². The van der Waals surface area contributed by atoms with E-state index in [1.54, 1.807) is 0 Å². The third-order valence-electron chi connectivity index (χ3n) is 4.61. The number of rotatable bonds is 5. The van der Waals surface area contributed by atoms with Gasteiger partial charge in [0.25, 0.3) is 5.89 Å². The summed E-state index contributed by atoms with van der Waals surface area (Å²) in [4.78, 5) is 4.50. The van der Waals surface area contributed by atoms with Crippen molar-refractivity contribution in [3.8, 4) is 22.8 Å². The van der Waals surface area contributed by atoms with Crippen LogP contribution >= 0.6 is 0 Å². The molecule has 1 atom stereocenters. The van der Waals surface area contributed by atoms with Crippen LogP contribution in [0.2, 0.25) is 0 Å². The highest BCUT2D eigenvalue weighted by Crippen LogP contribution is 2.25. The highest BCUT2D eigenvalue weighted by atomic mass is 16.5. The van der Waals surface area contributed by atoms with E-state index in [4.69, 9.17) is 9.26 Å². The van der Waals surface area contributed by atoms with E-state index in [-0.39, 0.29) is 6.10 Å². The third kappa shape index (κ3) is 3.62. The molecule has 0 bridgehead atoms. The molecular weight excluding hydrogens is 338 g/mol. The van der Waals surface area contributed by atoms with Crippen molar-refractivity contribution in [3.63, 3.8) is 0 Å². The summed E-state index contributed by atoms with van der Waals surface area (Å²) < 4.78 is 13.4. The molecule has 136 valence electrons. The van der Waals surface area contributed by atoms with Gasteiger partial charge in [-0.1, -0.05) is 11.2 Å². The van der Waals surface area contributed by atoms with Gasteiger partial charge in [0.05, 0.1) is 0 Å². The zero-order valence-electron chi connectivity index (χ0n) is 15.6. The smallest absolute Gasteiger partial charge is 0.267 e. The lowest BCUT2D eigenvalue weighted by Crippen LogP contribution is -2.03. The second-order valence-electron chi connectivity index (χ2n) is 6.60. The van der Waals surface area contributed by atoms with Crippen molar-refractivity contribution in [3.05, 3.63) is 84.0 Å². The summed E-state index contributed by atoms with van der Waals surface area (Å²) >= 11 is 0. The molecule has 27 heavy (non-hydrogen) atoms. The van der Waals surface area contributed by atoms with Gasteiger partial charge in [-0.05, 0) is 80.4 Å². The second kappa shape index (κ2) is 7.11. The van der Waals surface area contributed by atoms with Gasteiger partial charge in [0.2, 0.25) is 5.82 Å². The highest BCUT2D eigenvalue weighted by Gasteiger charge is 2.17. The standard InChI is InChI=1S/C22H21N3O2/c1-15-6-11-20(14-16(15)2)26-17(3)22-23-21(24-27-22)18-7-9-19(10-8-18)25-12-4-5-13-25/h4-14,17H,1-3H3/t17-/m0/s1. The van der Waals surface area contributed by atoms with Gasteiger partial charge in [-0.25, -0.2) is 0 Å². The molecular formula is C22H21N3O2. The summed E-state index contributed by atoms with van der Waals surface area (Å²) in [5.41, 5.74) is 4.41. The molecule has 0 unspecified atom stereocenters. The molecule has 0 saturated carbocycles. The fourth-order valence-corrected chi connectivity index (χ4v) is 2.85. The Morgan fingerprint density at radius 2 is 1.70 bits per heavy atom. The Morgan fingerprint density at radius 1 is 0.963 bits per heavy atom. The summed E-state index contributed by atoms with van der Waals surface area (Å²) in [5, 5.41) is 4.10. The van der Waals surface area contributed by atoms with Gasteiger partial charge in [-0.2, -0.15) is 4.98 Å². The van der Waals surface area contributed by atoms with Crippen molar-refractivity contribution in [1.29, 1.82) is 0 Å². The molecule has 0 N–H and O–H groups in total. The Labute approximate surface area is 158 Å². The molecule has 0 aliphatic carbocycles. The molecule has 2 aromatic carbocycles. The molecule has 5 nitrogen and oxygen atoms in total. The van der Waals surface area contributed by atoms with E-state index in [1.807, 2.05) is 78.5 Å². The monoisotopic (exact) mass is 359 g/mol. The zero-order valence-corrected chi connectivity index (χ0v) is 15.6. The van der Waals surface area contributed by atoms with Crippen molar-refractivity contribution in [1.82, 2.24) is 14.7 Å². The minimum absolute atomic E-state index is 0.326. The number of aromatic nitrogens is 3. The van der Waals surface area contributed by atoms with Gasteiger partial charge in [0.1, 0.15) is 5.75 Å². The van der Waals surface area contributed by atoms with Gasteiger partial charge in [0.15, 0.2) is 6.10 Å². The number of nitrogens with zero attached hydrogens (tertiary/aromatic N) is 3. The molecule has 4 rings (SSSR count). The third-order valence-corrected chi connectivity index (χ3v) is 4.61. The highest BCUT2D eigenvalue weighted by molar-refractivity contribution is 5.56. The molecule has 0 fully saturated rings. The van der Waals surface area contributed by atoms with Crippen LogP contribution in [-0.2, 0) is 0 Å². The van der Waals surface area contributed by atoms with Crippen LogP contribution in [0.15, 0.2) is 71.5 Å². The Morgan fingerprint density at radius 3 is 2.41 bits per heavy atom. The lowest BCUT2D eigenvalue weighted by atomic mass is 10.1. The van der Waals surface area contributed by atoms with Crippen LogP contribution in [0, 0.1) is 13.8 Å². The average Bonchev–Trinajstić information content (AvgIpc) is 3.37. The number of benzene rings is 2. The molecule has 5 heteroatoms. The summed E-state index contributed by atoms with van der Waals surface area (Å²) in [6.45, 7) is 6.05. The molecule has 0 aliphatic rings. The first-order valence-corrected chi connectivity index (χ1v) is 8.91. The van der Waals surface area contributed by atoms with Crippen LogP contribution in [0.4, 0.5) is 0 Å². The maximum Gasteiger partial charge on any atom is 0.267 e. The maximum atomic E-state index is 5.95. The van der Waals surface area contributed by atoms with Gasteiger partial charge < -0.3 is 13.8 Å². The van der Waals surface area contributed by atoms with Crippen LogP contribution in [0.5, 0.6) is 5.75 Å². The first kappa shape index (κ1) is 17.1. The van der Waals surface area contributed by atoms with Gasteiger partial charge >= 0.3 is 0 Å². The Hall–Kier alpha value is -3.34. The minimum atomic E-state index is -0.326. The quantitative estimate of drug-likeness (QED) is 0.486. The molecule has 0 aliphatic heterocycles. The lowest BCUT2D eigenvalue weighted by Gasteiger charge is -2.12. The predicted octanol–water partition coefficient (Wildman–Crippen LogP) is 5.28. The van der Waals surface area contributed by atoms with Crippen LogP contribution in [-0.4, -0.2) is 14.7 Å². The molecule has 0 saturated heterocycles. The fourth-order valence-electron chi connectivity index (χ4n) is 2.85. The Kier molecular flexibility index (Phi) is 4.50. The Balaban J connectivity index is 1.49. The molecule has 0 radical (unpaired) electrons. The molecule has 0 spiro atoms. The van der Waals surface area contributed by atoms with Crippen LogP contribution in [0.25, 0.3) is 17.1 Å². The summed E-state index contributed by atoms with van der Waals surface area (Å²) in [6.07, 6.45) is 3.69. The van der Waals surface area contributed by atoms with E-state index in [2.05, 4.69) is 24.0 Å². The van der Waals surface area contributed by atoms with Crippen molar-refractivity contribution in [2.24, 2.45) is 0 Å². The average molecular weight is 359 g/mol. The molecule has 2 heterocycles. The van der Waals surface area contributed by atoms with E-state index < -0.39 is 0 Å². The first-order valence-electron chi connectivity index (χ1n) is 8.91. The molecule has 4 aromatic rings. The largest absolute Gasteiger partial charge is 0.481 e. The zero-order chi connectivity index (χ0) is 18.8. The molecule has 0 amide bonds. The number of ether oxygens (including phenoxy) is 1. The van der Waals surface area contributed by atoms with Crippen LogP contribution in [0.1, 0.15) is 30.0 Å². The fraction of sp³-hybridized carbons (Fsp3) is 0.182. The SMILES string of the molecule is Cc1ccc(O[C@@H](C)c2nc(-c3ccc(-n4cccc4)cc3)no2)cc1C. The summed E-state index contributed by atoms with van der Waals surface area (Å²) in [5.74, 6) is 1.80. The van der Waals surface area contributed by atoms with E-state index in [0.717, 1.165) is 17.0 Å². The minimum Gasteiger partial charge on any atom is -0.481 e. The normalized spacial score (nSPS) is 12.1. The lowest BCUT2D eigenvalue weighted by molar-refractivity contribution is 0.175. The van der Waals surface area contributed by atoms with Crippen molar-refractivity contribution in [2.45, 2.75) is 26.9 Å². The van der Waals surface area contributed by atoms with Gasteiger partial charge in [-0.15, -0.1) is 0 Å². The van der Waals surface area contributed by atoms with Crippen molar-refractivity contribution >= 4 is 0 Å².